The average molecular weight is 213 g/mol. The molecular formula is C12H27N3. The first-order chi connectivity index (χ1) is 7.22. The van der Waals surface area contributed by atoms with E-state index in [-0.39, 0.29) is 0 Å². The molecule has 0 aromatic carbocycles. The Bertz CT molecular complexity index is 159. The quantitative estimate of drug-likeness (QED) is 0.384. The number of hydrogen-bond donors (Lipinski definition) is 2. The third-order valence-electron chi connectivity index (χ3n) is 3.26. The second kappa shape index (κ2) is 7.20. The van der Waals surface area contributed by atoms with Crippen molar-refractivity contribution in [1.82, 2.24) is 10.3 Å². The number of nitrogens with two attached hydrogens (primary N) is 1. The van der Waals surface area contributed by atoms with Gasteiger partial charge in [0, 0.05) is 12.6 Å². The van der Waals surface area contributed by atoms with Crippen LogP contribution in [0.5, 0.6) is 0 Å². The van der Waals surface area contributed by atoms with Gasteiger partial charge in [-0.2, -0.15) is 0 Å². The molecule has 90 valence electrons. The Kier molecular flexibility index (Phi) is 6.22. The molecule has 3 N–H and O–H groups in total. The first-order valence-corrected chi connectivity index (χ1v) is 6.41. The number of nitrogens with one attached hydrogen (secondary N) is 1. The van der Waals surface area contributed by atoms with Crippen molar-refractivity contribution in [3.8, 4) is 0 Å². The third kappa shape index (κ3) is 5.50. The normalized spacial score (nSPS) is 22.8. The van der Waals surface area contributed by atoms with Gasteiger partial charge in [0.1, 0.15) is 0 Å². The lowest BCUT2D eigenvalue weighted by atomic mass is 10.1. The predicted molar refractivity (Wildman–Crippen MR) is 65.5 cm³/mol. The van der Waals surface area contributed by atoms with Crippen LogP contribution in [0.1, 0.15) is 46.0 Å². The summed E-state index contributed by atoms with van der Waals surface area (Å²) < 4.78 is 0. The predicted octanol–water partition coefficient (Wildman–Crippen LogP) is 1.74. The first-order valence-electron chi connectivity index (χ1n) is 6.41. The van der Waals surface area contributed by atoms with Gasteiger partial charge in [0.05, 0.1) is 0 Å². The van der Waals surface area contributed by atoms with Crippen LogP contribution in [-0.4, -0.2) is 30.6 Å². The molecule has 1 heterocycles. The highest BCUT2D eigenvalue weighted by Crippen LogP contribution is 2.12. The minimum Gasteiger partial charge on any atom is -0.302 e. The maximum Gasteiger partial charge on any atom is 0.0350 e. The summed E-state index contributed by atoms with van der Waals surface area (Å²) >= 11 is 0. The summed E-state index contributed by atoms with van der Waals surface area (Å²) in [6.07, 6.45) is 6.72. The molecular weight excluding hydrogens is 186 g/mol. The molecule has 1 aliphatic rings. The minimum atomic E-state index is 0.528. The Morgan fingerprint density at radius 1 is 1.33 bits per heavy atom. The maximum absolute atomic E-state index is 5.43. The van der Waals surface area contributed by atoms with Gasteiger partial charge in [0.25, 0.3) is 0 Å². The van der Waals surface area contributed by atoms with Crippen molar-refractivity contribution in [3.05, 3.63) is 0 Å². The lowest BCUT2D eigenvalue weighted by Gasteiger charge is -2.15. The molecule has 0 aromatic heterocycles. The Morgan fingerprint density at radius 2 is 2.13 bits per heavy atom. The van der Waals surface area contributed by atoms with E-state index in [0.717, 1.165) is 12.5 Å². The van der Waals surface area contributed by atoms with Gasteiger partial charge in [-0.15, -0.1) is 0 Å². The molecule has 0 spiro atoms. The molecule has 1 atom stereocenters. The SMILES string of the molecule is CC(C)CCCCCN1CC[C@H](NN)C1. The van der Waals surface area contributed by atoms with Crippen molar-refractivity contribution < 1.29 is 0 Å². The van der Waals surface area contributed by atoms with Crippen LogP contribution in [0.25, 0.3) is 0 Å². The number of rotatable bonds is 7. The van der Waals surface area contributed by atoms with Gasteiger partial charge < -0.3 is 4.90 Å². The smallest absolute Gasteiger partial charge is 0.0350 e. The molecule has 0 bridgehead atoms. The van der Waals surface area contributed by atoms with Gasteiger partial charge in [-0.1, -0.05) is 33.1 Å². The van der Waals surface area contributed by atoms with Crippen LogP contribution in [0.3, 0.4) is 0 Å². The molecule has 1 aliphatic heterocycles. The van der Waals surface area contributed by atoms with Crippen LogP contribution < -0.4 is 11.3 Å². The zero-order valence-corrected chi connectivity index (χ0v) is 10.3. The number of nitrogens with zero attached hydrogens (tertiary/aromatic N) is 1. The molecule has 0 aliphatic carbocycles. The fourth-order valence-electron chi connectivity index (χ4n) is 2.24. The Morgan fingerprint density at radius 3 is 2.73 bits per heavy atom. The summed E-state index contributed by atoms with van der Waals surface area (Å²) in [4.78, 5) is 2.53. The molecule has 0 radical (unpaired) electrons. The van der Waals surface area contributed by atoms with E-state index in [9.17, 15) is 0 Å². The molecule has 3 nitrogen and oxygen atoms in total. The van der Waals surface area contributed by atoms with E-state index in [1.807, 2.05) is 0 Å². The summed E-state index contributed by atoms with van der Waals surface area (Å²) in [5, 5.41) is 0. The van der Waals surface area contributed by atoms with Gasteiger partial charge in [-0.05, 0) is 31.8 Å². The van der Waals surface area contributed by atoms with Gasteiger partial charge in [0.15, 0.2) is 0 Å². The second-order valence-corrected chi connectivity index (χ2v) is 5.20. The summed E-state index contributed by atoms with van der Waals surface area (Å²) in [6, 6.07) is 0.528. The van der Waals surface area contributed by atoms with Gasteiger partial charge >= 0.3 is 0 Å². The van der Waals surface area contributed by atoms with E-state index >= 15 is 0 Å². The molecule has 0 unspecified atom stereocenters. The fraction of sp³-hybridized carbons (Fsp3) is 1.00. The monoisotopic (exact) mass is 213 g/mol. The molecule has 1 rings (SSSR count). The summed E-state index contributed by atoms with van der Waals surface area (Å²) in [5.74, 6) is 6.29. The molecule has 3 heteroatoms. The minimum absolute atomic E-state index is 0.528. The summed E-state index contributed by atoms with van der Waals surface area (Å²) in [5.41, 5.74) is 2.87. The van der Waals surface area contributed by atoms with Gasteiger partial charge in [-0.25, -0.2) is 0 Å². The van der Waals surface area contributed by atoms with Crippen molar-refractivity contribution >= 4 is 0 Å². The van der Waals surface area contributed by atoms with Crippen molar-refractivity contribution in [1.29, 1.82) is 0 Å². The van der Waals surface area contributed by atoms with E-state index < -0.39 is 0 Å². The molecule has 1 fully saturated rings. The molecule has 15 heavy (non-hydrogen) atoms. The van der Waals surface area contributed by atoms with E-state index in [2.05, 4.69) is 24.2 Å². The molecule has 1 saturated heterocycles. The van der Waals surface area contributed by atoms with Crippen molar-refractivity contribution in [2.45, 2.75) is 52.0 Å². The van der Waals surface area contributed by atoms with E-state index in [4.69, 9.17) is 5.84 Å². The highest BCUT2D eigenvalue weighted by Gasteiger charge is 2.20. The fourth-order valence-corrected chi connectivity index (χ4v) is 2.24. The zero-order valence-electron chi connectivity index (χ0n) is 10.3. The van der Waals surface area contributed by atoms with Crippen molar-refractivity contribution in [2.75, 3.05) is 19.6 Å². The highest BCUT2D eigenvalue weighted by molar-refractivity contribution is 4.78. The van der Waals surface area contributed by atoms with Crippen LogP contribution in [0.15, 0.2) is 0 Å². The van der Waals surface area contributed by atoms with Crippen LogP contribution in [0.4, 0.5) is 0 Å². The summed E-state index contributed by atoms with van der Waals surface area (Å²) in [6.45, 7) is 8.23. The Balaban J connectivity index is 1.92. The van der Waals surface area contributed by atoms with E-state index in [1.54, 1.807) is 0 Å². The van der Waals surface area contributed by atoms with Gasteiger partial charge in [-0.3, -0.25) is 11.3 Å². The van der Waals surface area contributed by atoms with Crippen LogP contribution in [0, 0.1) is 5.92 Å². The van der Waals surface area contributed by atoms with Crippen molar-refractivity contribution in [2.24, 2.45) is 11.8 Å². The molecule has 0 aromatic rings. The standard InChI is InChI=1S/C12H27N3/c1-11(2)6-4-3-5-8-15-9-7-12(10-15)14-13/h11-12,14H,3-10,13H2,1-2H3/t12-/m0/s1. The molecule has 0 amide bonds. The van der Waals surface area contributed by atoms with E-state index in [0.29, 0.717) is 6.04 Å². The number of hydrogen-bond acceptors (Lipinski definition) is 3. The molecule has 0 saturated carbocycles. The van der Waals surface area contributed by atoms with Crippen LogP contribution in [0.2, 0.25) is 0 Å². The van der Waals surface area contributed by atoms with Crippen LogP contribution in [-0.2, 0) is 0 Å². The largest absolute Gasteiger partial charge is 0.302 e. The first kappa shape index (κ1) is 12.9. The summed E-state index contributed by atoms with van der Waals surface area (Å²) in [7, 11) is 0. The number of hydrazine groups is 1. The highest BCUT2D eigenvalue weighted by atomic mass is 15.3. The Hall–Kier alpha value is -0.120. The van der Waals surface area contributed by atoms with E-state index in [1.165, 1.54) is 45.2 Å². The van der Waals surface area contributed by atoms with Crippen molar-refractivity contribution in [3.63, 3.8) is 0 Å². The average Bonchev–Trinajstić information content (AvgIpc) is 2.65. The number of unbranched alkanes of at least 4 members (excludes halogenated alkanes) is 2. The maximum atomic E-state index is 5.43. The number of likely N-dealkylation sites (tertiary alicyclic amines) is 1. The lowest BCUT2D eigenvalue weighted by Crippen LogP contribution is -2.37. The topological polar surface area (TPSA) is 41.3 Å². The lowest BCUT2D eigenvalue weighted by molar-refractivity contribution is 0.317. The van der Waals surface area contributed by atoms with Gasteiger partial charge in [0.2, 0.25) is 0 Å². The van der Waals surface area contributed by atoms with Crippen LogP contribution >= 0.6 is 0 Å². The zero-order chi connectivity index (χ0) is 11.1. The second-order valence-electron chi connectivity index (χ2n) is 5.20. The Labute approximate surface area is 94.4 Å². The third-order valence-corrected chi connectivity index (χ3v) is 3.26.